The van der Waals surface area contributed by atoms with Crippen molar-refractivity contribution in [2.75, 3.05) is 10.6 Å². The summed E-state index contributed by atoms with van der Waals surface area (Å²) in [6.07, 6.45) is 1.44. The molecule has 7 nitrogen and oxygen atoms in total. The van der Waals surface area contributed by atoms with Crippen molar-refractivity contribution < 1.29 is 4.79 Å². The third-order valence-corrected chi connectivity index (χ3v) is 4.75. The predicted octanol–water partition coefficient (Wildman–Crippen LogP) is 3.73. The van der Waals surface area contributed by atoms with Gasteiger partial charge in [-0.15, -0.1) is 0 Å². The number of allylic oxidation sites excluding steroid dienone is 1. The monoisotopic (exact) mass is 390 g/mol. The Morgan fingerprint density at radius 2 is 1.93 bits per heavy atom. The minimum atomic E-state index is -0.473. The Bertz CT molecular complexity index is 1110. The number of rotatable bonds is 3. The van der Waals surface area contributed by atoms with Crippen LogP contribution in [0.3, 0.4) is 0 Å². The van der Waals surface area contributed by atoms with Crippen molar-refractivity contribution in [3.8, 4) is 6.07 Å². The van der Waals surface area contributed by atoms with Gasteiger partial charge in [0.15, 0.2) is 0 Å². The van der Waals surface area contributed by atoms with Crippen LogP contribution in [-0.2, 0) is 4.79 Å². The van der Waals surface area contributed by atoms with Gasteiger partial charge in [-0.1, -0.05) is 23.7 Å². The van der Waals surface area contributed by atoms with E-state index in [9.17, 15) is 4.79 Å². The van der Waals surface area contributed by atoms with Gasteiger partial charge in [-0.3, -0.25) is 4.79 Å². The average Bonchev–Trinajstić information content (AvgIpc) is 3.16. The molecule has 0 saturated carbocycles. The van der Waals surface area contributed by atoms with Crippen LogP contribution < -0.4 is 10.6 Å². The molecular weight excluding hydrogens is 376 g/mol. The minimum absolute atomic E-state index is 0.261. The summed E-state index contributed by atoms with van der Waals surface area (Å²) in [6.45, 7) is 1.83. The summed E-state index contributed by atoms with van der Waals surface area (Å²) in [7, 11) is 0. The van der Waals surface area contributed by atoms with E-state index in [1.165, 1.54) is 6.33 Å². The number of nitrogens with one attached hydrogen (secondary N) is 2. The number of halogens is 1. The van der Waals surface area contributed by atoms with Gasteiger partial charge in [0.05, 0.1) is 17.2 Å². The van der Waals surface area contributed by atoms with E-state index in [0.717, 1.165) is 5.56 Å². The van der Waals surface area contributed by atoms with E-state index < -0.39 is 6.04 Å². The highest BCUT2D eigenvalue weighted by atomic mass is 35.5. The molecule has 2 N–H and O–H groups in total. The SMILES string of the molecule is CC1=C(C(=O)Nc2ccc(Cl)cc2)[C@@H](c2ccc(C#N)cc2)n2ncnc2N1. The number of carbonyl (C=O) groups excluding carboxylic acids is 1. The molecule has 0 fully saturated rings. The van der Waals surface area contributed by atoms with Crippen LogP contribution in [0.5, 0.6) is 0 Å². The molecule has 2 heterocycles. The van der Waals surface area contributed by atoms with Gasteiger partial charge in [-0.05, 0) is 48.9 Å². The van der Waals surface area contributed by atoms with E-state index in [2.05, 4.69) is 26.8 Å². The summed E-state index contributed by atoms with van der Waals surface area (Å²) in [5, 5.41) is 20.0. The van der Waals surface area contributed by atoms with Crippen molar-refractivity contribution in [3.05, 3.63) is 82.3 Å². The molecule has 8 heteroatoms. The summed E-state index contributed by atoms with van der Waals surface area (Å²) in [5.41, 5.74) is 3.20. The third-order valence-electron chi connectivity index (χ3n) is 4.50. The van der Waals surface area contributed by atoms with Crippen molar-refractivity contribution in [3.63, 3.8) is 0 Å². The number of anilines is 2. The van der Waals surface area contributed by atoms with Crippen LogP contribution in [0.1, 0.15) is 24.1 Å². The Morgan fingerprint density at radius 3 is 2.61 bits per heavy atom. The first-order valence-electron chi connectivity index (χ1n) is 8.51. The number of hydrogen-bond donors (Lipinski definition) is 2. The van der Waals surface area contributed by atoms with Crippen molar-refractivity contribution >= 4 is 29.1 Å². The number of nitrogens with zero attached hydrogens (tertiary/aromatic N) is 4. The van der Waals surface area contributed by atoms with Gasteiger partial charge in [0.2, 0.25) is 5.95 Å². The van der Waals surface area contributed by atoms with Crippen LogP contribution in [0.25, 0.3) is 0 Å². The Hall–Kier alpha value is -3.63. The van der Waals surface area contributed by atoms with E-state index in [0.29, 0.717) is 33.5 Å². The first-order chi connectivity index (χ1) is 13.6. The molecule has 1 atom stereocenters. The zero-order chi connectivity index (χ0) is 19.7. The molecule has 1 aliphatic heterocycles. The lowest BCUT2D eigenvalue weighted by Gasteiger charge is -2.28. The van der Waals surface area contributed by atoms with Gasteiger partial charge in [0, 0.05) is 16.4 Å². The number of hydrogen-bond acceptors (Lipinski definition) is 5. The van der Waals surface area contributed by atoms with E-state index in [4.69, 9.17) is 16.9 Å². The van der Waals surface area contributed by atoms with Crippen molar-refractivity contribution in [1.29, 1.82) is 5.26 Å². The topological polar surface area (TPSA) is 95.6 Å². The number of amides is 1. The Morgan fingerprint density at radius 1 is 1.21 bits per heavy atom. The van der Waals surface area contributed by atoms with Crippen LogP contribution in [0, 0.1) is 11.3 Å². The largest absolute Gasteiger partial charge is 0.328 e. The zero-order valence-corrected chi connectivity index (χ0v) is 15.6. The maximum atomic E-state index is 13.1. The molecule has 1 aliphatic rings. The summed E-state index contributed by atoms with van der Waals surface area (Å²) >= 11 is 5.92. The number of nitriles is 1. The molecule has 0 radical (unpaired) electrons. The molecule has 4 rings (SSSR count). The van der Waals surface area contributed by atoms with Gasteiger partial charge < -0.3 is 10.6 Å². The molecule has 0 saturated heterocycles. The van der Waals surface area contributed by atoms with E-state index in [1.54, 1.807) is 41.1 Å². The van der Waals surface area contributed by atoms with Gasteiger partial charge >= 0.3 is 0 Å². The summed E-state index contributed by atoms with van der Waals surface area (Å²) < 4.78 is 1.66. The summed E-state index contributed by atoms with van der Waals surface area (Å²) in [5.74, 6) is 0.290. The third kappa shape index (κ3) is 3.21. The number of carbonyl (C=O) groups is 1. The fourth-order valence-corrected chi connectivity index (χ4v) is 3.29. The second-order valence-corrected chi connectivity index (χ2v) is 6.73. The highest BCUT2D eigenvalue weighted by Crippen LogP contribution is 2.35. The lowest BCUT2D eigenvalue weighted by atomic mass is 9.94. The van der Waals surface area contributed by atoms with E-state index in [1.807, 2.05) is 19.1 Å². The molecule has 3 aromatic rings. The fourth-order valence-electron chi connectivity index (χ4n) is 3.16. The highest BCUT2D eigenvalue weighted by Gasteiger charge is 2.33. The number of fused-ring (bicyclic) bond motifs is 1. The maximum absolute atomic E-state index is 13.1. The molecule has 0 bridgehead atoms. The van der Waals surface area contributed by atoms with Gasteiger partial charge in [0.1, 0.15) is 12.4 Å². The van der Waals surface area contributed by atoms with Crippen molar-refractivity contribution in [2.45, 2.75) is 13.0 Å². The maximum Gasteiger partial charge on any atom is 0.255 e. The molecule has 0 aliphatic carbocycles. The average molecular weight is 391 g/mol. The van der Waals surface area contributed by atoms with Crippen molar-refractivity contribution in [1.82, 2.24) is 14.8 Å². The summed E-state index contributed by atoms with van der Waals surface area (Å²) in [6, 6.07) is 15.6. The standard InChI is InChI=1S/C20H15ClN6O/c1-12-17(19(28)26-16-8-6-15(21)7-9-16)18(27-20(25-12)23-11-24-27)14-4-2-13(10-22)3-5-14/h2-9,11,18H,1H3,(H,26,28)(H,23,24,25)/t18-/m1/s1. The van der Waals surface area contributed by atoms with Crippen LogP contribution >= 0.6 is 11.6 Å². The van der Waals surface area contributed by atoms with E-state index >= 15 is 0 Å². The number of benzene rings is 2. The molecular formula is C20H15ClN6O. The van der Waals surface area contributed by atoms with Crippen LogP contribution in [0.2, 0.25) is 5.02 Å². The fraction of sp³-hybridized carbons (Fsp3) is 0.100. The molecule has 2 aromatic carbocycles. The Kier molecular flexibility index (Phi) is 4.55. The zero-order valence-electron chi connectivity index (χ0n) is 14.8. The quantitative estimate of drug-likeness (QED) is 0.710. The van der Waals surface area contributed by atoms with E-state index in [-0.39, 0.29) is 5.91 Å². The van der Waals surface area contributed by atoms with Crippen LogP contribution in [-0.4, -0.2) is 20.7 Å². The van der Waals surface area contributed by atoms with Crippen LogP contribution in [0.4, 0.5) is 11.6 Å². The lowest BCUT2D eigenvalue weighted by Crippen LogP contribution is -2.31. The first-order valence-corrected chi connectivity index (χ1v) is 8.89. The minimum Gasteiger partial charge on any atom is -0.328 e. The first kappa shape index (κ1) is 17.8. The van der Waals surface area contributed by atoms with Gasteiger partial charge in [-0.2, -0.15) is 15.3 Å². The molecule has 1 aromatic heterocycles. The van der Waals surface area contributed by atoms with Gasteiger partial charge in [0.25, 0.3) is 5.91 Å². The van der Waals surface area contributed by atoms with Gasteiger partial charge in [-0.25, -0.2) is 4.68 Å². The molecule has 0 spiro atoms. The molecule has 28 heavy (non-hydrogen) atoms. The molecule has 138 valence electrons. The molecule has 0 unspecified atom stereocenters. The second kappa shape index (κ2) is 7.18. The Labute approximate surface area is 166 Å². The summed E-state index contributed by atoms with van der Waals surface area (Å²) in [4.78, 5) is 17.4. The highest BCUT2D eigenvalue weighted by molar-refractivity contribution is 6.30. The second-order valence-electron chi connectivity index (χ2n) is 6.29. The van der Waals surface area contributed by atoms with Crippen molar-refractivity contribution in [2.24, 2.45) is 0 Å². The smallest absolute Gasteiger partial charge is 0.255 e. The Balaban J connectivity index is 1.74. The lowest BCUT2D eigenvalue weighted by molar-refractivity contribution is -0.113. The number of aromatic nitrogens is 3. The normalized spacial score (nSPS) is 15.4. The van der Waals surface area contributed by atoms with Crippen LogP contribution in [0.15, 0.2) is 66.1 Å². The predicted molar refractivity (Wildman–Crippen MR) is 106 cm³/mol. The molecule has 1 amide bonds.